The number of fused-ring (bicyclic) bond motifs is 1. The van der Waals surface area contributed by atoms with Crippen LogP contribution in [0.15, 0.2) is 54.4 Å². The van der Waals surface area contributed by atoms with Crippen LogP contribution < -0.4 is 0 Å². The summed E-state index contributed by atoms with van der Waals surface area (Å²) in [4.78, 5) is 16.9. The lowest BCUT2D eigenvalue weighted by molar-refractivity contribution is 0.245. The SMILES string of the molecule is Fc1ccc(-c2cnc3nccc(C4CCCN4Cc4cncs4)n23)cc1. The van der Waals surface area contributed by atoms with E-state index in [0.29, 0.717) is 11.8 Å². The van der Waals surface area contributed by atoms with Gasteiger partial charge in [-0.2, -0.15) is 0 Å². The van der Waals surface area contributed by atoms with Crippen molar-refractivity contribution in [2.24, 2.45) is 0 Å². The van der Waals surface area contributed by atoms with Gasteiger partial charge in [-0.1, -0.05) is 0 Å². The maximum Gasteiger partial charge on any atom is 0.234 e. The summed E-state index contributed by atoms with van der Waals surface area (Å²) in [5.74, 6) is 0.439. The summed E-state index contributed by atoms with van der Waals surface area (Å²) in [6, 6.07) is 8.93. The molecule has 1 fully saturated rings. The van der Waals surface area contributed by atoms with Crippen molar-refractivity contribution < 1.29 is 4.39 Å². The summed E-state index contributed by atoms with van der Waals surface area (Å²) >= 11 is 1.69. The zero-order chi connectivity index (χ0) is 18.2. The van der Waals surface area contributed by atoms with Crippen molar-refractivity contribution in [1.82, 2.24) is 24.3 Å². The monoisotopic (exact) mass is 379 g/mol. The van der Waals surface area contributed by atoms with E-state index < -0.39 is 0 Å². The summed E-state index contributed by atoms with van der Waals surface area (Å²) in [5, 5.41) is 0. The van der Waals surface area contributed by atoms with Crippen molar-refractivity contribution in [3.8, 4) is 11.3 Å². The molecule has 0 N–H and O–H groups in total. The molecule has 0 saturated carbocycles. The number of rotatable bonds is 4. The van der Waals surface area contributed by atoms with Gasteiger partial charge >= 0.3 is 0 Å². The van der Waals surface area contributed by atoms with Crippen molar-refractivity contribution in [2.45, 2.75) is 25.4 Å². The van der Waals surface area contributed by atoms with Gasteiger partial charge in [0.1, 0.15) is 5.82 Å². The van der Waals surface area contributed by atoms with Crippen molar-refractivity contribution in [1.29, 1.82) is 0 Å². The van der Waals surface area contributed by atoms with E-state index in [9.17, 15) is 4.39 Å². The standard InChI is InChI=1S/C20H18FN5S/c21-15-5-3-14(4-6-15)19-11-24-20-23-8-7-18(26(19)20)17-2-1-9-25(17)12-16-10-22-13-27-16/h3-8,10-11,13,17H,1-2,9,12H2. The summed E-state index contributed by atoms with van der Waals surface area (Å²) in [6.45, 7) is 1.96. The van der Waals surface area contributed by atoms with Crippen LogP contribution in [-0.4, -0.2) is 30.8 Å². The molecule has 1 unspecified atom stereocenters. The molecule has 5 rings (SSSR count). The van der Waals surface area contributed by atoms with Crippen molar-refractivity contribution >= 4 is 17.1 Å². The van der Waals surface area contributed by atoms with E-state index >= 15 is 0 Å². The van der Waals surface area contributed by atoms with Gasteiger partial charge in [0, 0.05) is 35.1 Å². The molecule has 1 saturated heterocycles. The minimum atomic E-state index is -0.238. The summed E-state index contributed by atoms with van der Waals surface area (Å²) in [6.07, 6.45) is 7.85. The van der Waals surface area contributed by atoms with Gasteiger partial charge in [0.05, 0.1) is 23.4 Å². The number of thiazole rings is 1. The summed E-state index contributed by atoms with van der Waals surface area (Å²) < 4.78 is 15.5. The highest BCUT2D eigenvalue weighted by atomic mass is 32.1. The molecular weight excluding hydrogens is 361 g/mol. The first-order chi connectivity index (χ1) is 13.3. The number of hydrogen-bond donors (Lipinski definition) is 0. The second kappa shape index (κ2) is 6.83. The largest absolute Gasteiger partial charge is 0.290 e. The Kier molecular flexibility index (Phi) is 4.18. The third-order valence-electron chi connectivity index (χ3n) is 5.12. The van der Waals surface area contributed by atoms with E-state index in [1.165, 1.54) is 22.7 Å². The molecule has 3 aromatic heterocycles. The Hall–Kier alpha value is -2.64. The first-order valence-corrected chi connectivity index (χ1v) is 9.87. The smallest absolute Gasteiger partial charge is 0.234 e. The van der Waals surface area contributed by atoms with Crippen molar-refractivity contribution in [2.75, 3.05) is 6.54 Å². The summed E-state index contributed by atoms with van der Waals surface area (Å²) in [5.41, 5.74) is 4.94. The first-order valence-electron chi connectivity index (χ1n) is 8.99. The minimum absolute atomic E-state index is 0.238. The fourth-order valence-corrected chi connectivity index (χ4v) is 4.52. The van der Waals surface area contributed by atoms with Crippen LogP contribution in [0.1, 0.15) is 29.5 Å². The lowest BCUT2D eigenvalue weighted by Gasteiger charge is -2.25. The maximum atomic E-state index is 13.4. The molecule has 1 aromatic carbocycles. The second-order valence-electron chi connectivity index (χ2n) is 6.75. The van der Waals surface area contributed by atoms with Crippen LogP contribution in [0.5, 0.6) is 0 Å². The maximum absolute atomic E-state index is 13.4. The molecule has 4 heterocycles. The average Bonchev–Trinajstić information content (AvgIpc) is 3.43. The lowest BCUT2D eigenvalue weighted by Crippen LogP contribution is -2.24. The molecule has 7 heteroatoms. The fourth-order valence-electron chi connectivity index (χ4n) is 3.90. The molecule has 0 radical (unpaired) electrons. The highest BCUT2D eigenvalue weighted by molar-refractivity contribution is 7.09. The van der Waals surface area contributed by atoms with E-state index in [1.54, 1.807) is 23.5 Å². The van der Waals surface area contributed by atoms with Gasteiger partial charge in [-0.15, -0.1) is 11.3 Å². The number of aromatic nitrogens is 4. The fraction of sp³-hybridized carbons (Fsp3) is 0.250. The molecule has 0 amide bonds. The van der Waals surface area contributed by atoms with E-state index in [0.717, 1.165) is 37.2 Å². The highest BCUT2D eigenvalue weighted by Crippen LogP contribution is 2.35. The Balaban J connectivity index is 1.58. The number of imidazole rings is 1. The lowest BCUT2D eigenvalue weighted by atomic mass is 10.1. The summed E-state index contributed by atoms with van der Waals surface area (Å²) in [7, 11) is 0. The van der Waals surface area contributed by atoms with Crippen LogP contribution in [0.25, 0.3) is 17.0 Å². The molecule has 0 bridgehead atoms. The number of hydrogen-bond acceptors (Lipinski definition) is 5. The normalized spacial score (nSPS) is 17.7. The van der Waals surface area contributed by atoms with Crippen LogP contribution >= 0.6 is 11.3 Å². The van der Waals surface area contributed by atoms with E-state index in [4.69, 9.17) is 0 Å². The van der Waals surface area contributed by atoms with E-state index in [2.05, 4.69) is 30.3 Å². The minimum Gasteiger partial charge on any atom is -0.290 e. The molecule has 0 aliphatic carbocycles. The van der Waals surface area contributed by atoms with Crippen LogP contribution in [-0.2, 0) is 6.54 Å². The molecule has 27 heavy (non-hydrogen) atoms. The van der Waals surface area contributed by atoms with Gasteiger partial charge < -0.3 is 0 Å². The third-order valence-corrected chi connectivity index (χ3v) is 5.89. The Morgan fingerprint density at radius 2 is 2.00 bits per heavy atom. The predicted octanol–water partition coefficient (Wildman–Crippen LogP) is 4.33. The number of halogens is 1. The number of likely N-dealkylation sites (tertiary alicyclic amines) is 1. The van der Waals surface area contributed by atoms with Crippen LogP contribution in [0.3, 0.4) is 0 Å². The molecule has 1 atom stereocenters. The van der Waals surface area contributed by atoms with E-state index in [-0.39, 0.29) is 5.82 Å². The molecular formula is C20H18FN5S. The molecule has 1 aliphatic heterocycles. The van der Waals surface area contributed by atoms with Crippen LogP contribution in [0.2, 0.25) is 0 Å². The molecule has 4 aromatic rings. The van der Waals surface area contributed by atoms with Gasteiger partial charge in [0.25, 0.3) is 0 Å². The zero-order valence-electron chi connectivity index (χ0n) is 14.6. The average molecular weight is 379 g/mol. The highest BCUT2D eigenvalue weighted by Gasteiger charge is 2.29. The topological polar surface area (TPSA) is 46.3 Å². The quantitative estimate of drug-likeness (QED) is 0.529. The Labute approximate surface area is 160 Å². The number of benzene rings is 1. The Morgan fingerprint density at radius 1 is 1.11 bits per heavy atom. The number of nitrogens with zero attached hydrogens (tertiary/aromatic N) is 5. The molecule has 5 nitrogen and oxygen atoms in total. The zero-order valence-corrected chi connectivity index (χ0v) is 15.4. The van der Waals surface area contributed by atoms with Crippen LogP contribution in [0, 0.1) is 5.82 Å². The Bertz CT molecular complexity index is 1060. The molecule has 0 spiro atoms. The second-order valence-corrected chi connectivity index (χ2v) is 7.72. The van der Waals surface area contributed by atoms with Gasteiger partial charge in [0.15, 0.2) is 0 Å². The van der Waals surface area contributed by atoms with Gasteiger partial charge in [-0.3, -0.25) is 14.3 Å². The van der Waals surface area contributed by atoms with Gasteiger partial charge in [-0.25, -0.2) is 14.4 Å². The predicted molar refractivity (Wildman–Crippen MR) is 103 cm³/mol. The van der Waals surface area contributed by atoms with Crippen LogP contribution in [0.4, 0.5) is 4.39 Å². The Morgan fingerprint density at radius 3 is 2.81 bits per heavy atom. The third kappa shape index (κ3) is 3.02. The van der Waals surface area contributed by atoms with Crippen molar-refractivity contribution in [3.05, 3.63) is 70.8 Å². The van der Waals surface area contributed by atoms with E-state index in [1.807, 2.05) is 24.1 Å². The van der Waals surface area contributed by atoms with Crippen molar-refractivity contribution in [3.63, 3.8) is 0 Å². The van der Waals surface area contributed by atoms with Gasteiger partial charge in [0.2, 0.25) is 5.78 Å². The first kappa shape index (κ1) is 16.5. The molecule has 136 valence electrons. The van der Waals surface area contributed by atoms with Gasteiger partial charge in [-0.05, 0) is 49.7 Å². The molecule has 1 aliphatic rings.